The van der Waals surface area contributed by atoms with Crippen molar-refractivity contribution in [3.8, 4) is 0 Å². The van der Waals surface area contributed by atoms with Crippen LogP contribution in [-0.4, -0.2) is 30.0 Å². The summed E-state index contributed by atoms with van der Waals surface area (Å²) in [7, 11) is 2.10. The first-order valence-corrected chi connectivity index (χ1v) is 3.93. The molecule has 1 heterocycles. The van der Waals surface area contributed by atoms with Gasteiger partial charge in [0.1, 0.15) is 0 Å². The van der Waals surface area contributed by atoms with Crippen LogP contribution in [0.15, 0.2) is 12.3 Å². The summed E-state index contributed by atoms with van der Waals surface area (Å²) >= 11 is 1.97. The number of rotatable bonds is 0. The summed E-state index contributed by atoms with van der Waals surface area (Å²) in [5.41, 5.74) is 1.27. The normalized spacial score (nSPS) is 21.6. The number of hydrogen-bond donors (Lipinski definition) is 0. The molecule has 1 aliphatic heterocycles. The van der Waals surface area contributed by atoms with E-state index in [-0.39, 0.29) is 0 Å². The minimum atomic E-state index is 1.12. The number of nitrogens with zero attached hydrogens (tertiary/aromatic N) is 1. The number of thioether (sulfide) groups is 1. The molecule has 0 amide bonds. The molecule has 0 spiro atoms. The molecule has 1 aliphatic rings. The first-order chi connectivity index (χ1) is 3.80. The van der Waals surface area contributed by atoms with Crippen LogP contribution in [0.25, 0.3) is 0 Å². The average Bonchev–Trinajstić information content (AvgIpc) is 1.77. The van der Waals surface area contributed by atoms with Crippen molar-refractivity contribution < 1.29 is 0 Å². The van der Waals surface area contributed by atoms with Gasteiger partial charge in [-0.05, 0) is 0 Å². The van der Waals surface area contributed by atoms with Crippen molar-refractivity contribution in [1.29, 1.82) is 0 Å². The molecule has 1 fully saturated rings. The maximum Gasteiger partial charge on any atom is 0.0329 e. The molecule has 0 aromatic rings. The standard InChI is InChI=1S/C6H11NS/c1-6-5-8-4-3-7(6)2/h1,3-5H2,2H3. The van der Waals surface area contributed by atoms with Gasteiger partial charge in [0.2, 0.25) is 0 Å². The summed E-state index contributed by atoms with van der Waals surface area (Å²) in [5, 5.41) is 0. The van der Waals surface area contributed by atoms with Crippen LogP contribution in [-0.2, 0) is 0 Å². The van der Waals surface area contributed by atoms with Crippen molar-refractivity contribution in [3.05, 3.63) is 12.3 Å². The molecule has 46 valence electrons. The first kappa shape index (κ1) is 6.02. The lowest BCUT2D eigenvalue weighted by Gasteiger charge is -2.25. The molecule has 0 saturated carbocycles. The second-order valence-corrected chi connectivity index (χ2v) is 3.15. The van der Waals surface area contributed by atoms with Gasteiger partial charge in [-0.1, -0.05) is 6.58 Å². The molecule has 8 heavy (non-hydrogen) atoms. The van der Waals surface area contributed by atoms with E-state index in [1.54, 1.807) is 0 Å². The Balaban J connectivity index is 2.39. The SMILES string of the molecule is C=C1CSCCN1C. The molecular formula is C6H11NS. The van der Waals surface area contributed by atoms with Gasteiger partial charge in [-0.25, -0.2) is 0 Å². The molecule has 0 aliphatic carbocycles. The Hall–Kier alpha value is -0.110. The quantitative estimate of drug-likeness (QED) is 0.483. The van der Waals surface area contributed by atoms with E-state index in [1.807, 2.05) is 11.8 Å². The van der Waals surface area contributed by atoms with Crippen molar-refractivity contribution in [2.45, 2.75) is 0 Å². The van der Waals surface area contributed by atoms with Crippen molar-refractivity contribution >= 4 is 11.8 Å². The minimum Gasteiger partial charge on any atom is -0.377 e. The van der Waals surface area contributed by atoms with E-state index in [0.717, 1.165) is 5.75 Å². The minimum absolute atomic E-state index is 1.12. The summed E-state index contributed by atoms with van der Waals surface area (Å²) in [6.07, 6.45) is 0. The van der Waals surface area contributed by atoms with Gasteiger partial charge in [0.15, 0.2) is 0 Å². The van der Waals surface area contributed by atoms with Gasteiger partial charge in [-0.15, -0.1) is 0 Å². The molecule has 0 aromatic carbocycles. The molecule has 0 unspecified atom stereocenters. The maximum absolute atomic E-state index is 3.90. The maximum atomic E-state index is 3.90. The highest BCUT2D eigenvalue weighted by atomic mass is 32.2. The largest absolute Gasteiger partial charge is 0.377 e. The second-order valence-electron chi connectivity index (χ2n) is 2.04. The van der Waals surface area contributed by atoms with Crippen LogP contribution in [0.2, 0.25) is 0 Å². The highest BCUT2D eigenvalue weighted by Gasteiger charge is 2.06. The van der Waals surface area contributed by atoms with E-state index < -0.39 is 0 Å². The summed E-state index contributed by atoms with van der Waals surface area (Å²) in [6, 6.07) is 0. The molecule has 1 saturated heterocycles. The molecule has 0 aromatic heterocycles. The Kier molecular flexibility index (Phi) is 1.84. The van der Waals surface area contributed by atoms with E-state index in [0.29, 0.717) is 0 Å². The van der Waals surface area contributed by atoms with Gasteiger partial charge >= 0.3 is 0 Å². The predicted molar refractivity (Wildman–Crippen MR) is 39.1 cm³/mol. The topological polar surface area (TPSA) is 3.24 Å². The third-order valence-corrected chi connectivity index (χ3v) is 2.39. The van der Waals surface area contributed by atoms with Crippen molar-refractivity contribution in [1.82, 2.24) is 4.90 Å². The van der Waals surface area contributed by atoms with E-state index in [2.05, 4.69) is 18.5 Å². The zero-order chi connectivity index (χ0) is 5.98. The average molecular weight is 129 g/mol. The van der Waals surface area contributed by atoms with Crippen molar-refractivity contribution in [2.24, 2.45) is 0 Å². The lowest BCUT2D eigenvalue weighted by atomic mass is 10.5. The lowest BCUT2D eigenvalue weighted by molar-refractivity contribution is 0.443. The van der Waals surface area contributed by atoms with E-state index >= 15 is 0 Å². The predicted octanol–water partition coefficient (Wildman–Crippen LogP) is 1.18. The van der Waals surface area contributed by atoms with Gasteiger partial charge < -0.3 is 4.90 Å². The summed E-state index contributed by atoms with van der Waals surface area (Å²) in [4.78, 5) is 2.22. The van der Waals surface area contributed by atoms with Gasteiger partial charge in [-0.2, -0.15) is 11.8 Å². The third kappa shape index (κ3) is 1.19. The molecule has 1 nitrogen and oxygen atoms in total. The third-order valence-electron chi connectivity index (χ3n) is 1.38. The van der Waals surface area contributed by atoms with Gasteiger partial charge in [-0.3, -0.25) is 0 Å². The van der Waals surface area contributed by atoms with Gasteiger partial charge in [0.05, 0.1) is 0 Å². The van der Waals surface area contributed by atoms with Crippen LogP contribution in [0.1, 0.15) is 0 Å². The van der Waals surface area contributed by atoms with Gasteiger partial charge in [0, 0.05) is 30.8 Å². The summed E-state index contributed by atoms with van der Waals surface area (Å²) < 4.78 is 0. The van der Waals surface area contributed by atoms with Crippen molar-refractivity contribution in [3.63, 3.8) is 0 Å². The Labute approximate surface area is 54.8 Å². The zero-order valence-electron chi connectivity index (χ0n) is 5.18. The highest BCUT2D eigenvalue weighted by Crippen LogP contribution is 2.14. The number of hydrogen-bond acceptors (Lipinski definition) is 2. The first-order valence-electron chi connectivity index (χ1n) is 2.77. The molecular weight excluding hydrogens is 118 g/mol. The fourth-order valence-corrected chi connectivity index (χ4v) is 1.66. The second kappa shape index (κ2) is 2.44. The Bertz CT molecular complexity index is 101. The molecule has 0 bridgehead atoms. The molecule has 0 atom stereocenters. The van der Waals surface area contributed by atoms with Crippen LogP contribution in [0.3, 0.4) is 0 Å². The Morgan fingerprint density at radius 2 is 2.50 bits per heavy atom. The van der Waals surface area contributed by atoms with E-state index in [9.17, 15) is 0 Å². The fraction of sp³-hybridized carbons (Fsp3) is 0.667. The van der Waals surface area contributed by atoms with Crippen LogP contribution >= 0.6 is 11.8 Å². The molecule has 0 N–H and O–H groups in total. The zero-order valence-corrected chi connectivity index (χ0v) is 6.00. The van der Waals surface area contributed by atoms with Crippen LogP contribution in [0.5, 0.6) is 0 Å². The highest BCUT2D eigenvalue weighted by molar-refractivity contribution is 7.99. The monoisotopic (exact) mass is 129 g/mol. The lowest BCUT2D eigenvalue weighted by Crippen LogP contribution is -2.25. The van der Waals surface area contributed by atoms with Crippen LogP contribution < -0.4 is 0 Å². The van der Waals surface area contributed by atoms with Crippen LogP contribution in [0, 0.1) is 0 Å². The van der Waals surface area contributed by atoms with Crippen molar-refractivity contribution in [2.75, 3.05) is 25.1 Å². The summed E-state index contributed by atoms with van der Waals surface area (Å²) in [5.74, 6) is 2.38. The van der Waals surface area contributed by atoms with E-state index in [1.165, 1.54) is 18.0 Å². The Morgan fingerprint density at radius 3 is 2.88 bits per heavy atom. The molecule has 1 rings (SSSR count). The fourth-order valence-electron chi connectivity index (χ4n) is 0.660. The molecule has 0 radical (unpaired) electrons. The van der Waals surface area contributed by atoms with Crippen LogP contribution in [0.4, 0.5) is 0 Å². The smallest absolute Gasteiger partial charge is 0.0329 e. The summed E-state index contributed by atoms with van der Waals surface area (Å²) in [6.45, 7) is 5.07. The van der Waals surface area contributed by atoms with E-state index in [4.69, 9.17) is 0 Å². The van der Waals surface area contributed by atoms with Gasteiger partial charge in [0.25, 0.3) is 0 Å². The Morgan fingerprint density at radius 1 is 1.75 bits per heavy atom. The molecule has 2 heteroatoms.